The zero-order chi connectivity index (χ0) is 9.42. The molecule has 0 spiro atoms. The summed E-state index contributed by atoms with van der Waals surface area (Å²) in [4.78, 5) is 4.24. The monoisotopic (exact) mass is 176 g/mol. The van der Waals surface area contributed by atoms with Gasteiger partial charge in [-0.1, -0.05) is 13.8 Å². The molecule has 0 aliphatic heterocycles. The van der Waals surface area contributed by atoms with E-state index in [1.54, 1.807) is 10.7 Å². The lowest BCUT2D eigenvalue weighted by Crippen LogP contribution is -1.96. The van der Waals surface area contributed by atoms with Crippen LogP contribution >= 0.6 is 0 Å². The molecule has 68 valence electrons. The molecule has 0 bridgehead atoms. The van der Waals surface area contributed by atoms with Gasteiger partial charge in [0.2, 0.25) is 0 Å². The number of nitrogens with zero attached hydrogens (tertiary/aromatic N) is 3. The minimum absolute atomic E-state index is 0.460. The zero-order valence-electron chi connectivity index (χ0n) is 7.73. The van der Waals surface area contributed by atoms with Crippen molar-refractivity contribution in [1.29, 1.82) is 0 Å². The fourth-order valence-electron chi connectivity index (χ4n) is 1.21. The quantitative estimate of drug-likeness (QED) is 0.715. The van der Waals surface area contributed by atoms with Gasteiger partial charge in [0.25, 0.3) is 0 Å². The van der Waals surface area contributed by atoms with Crippen LogP contribution in [0.2, 0.25) is 0 Å². The van der Waals surface area contributed by atoms with Crippen molar-refractivity contribution in [3.05, 3.63) is 24.2 Å². The summed E-state index contributed by atoms with van der Waals surface area (Å²) < 4.78 is 1.71. The van der Waals surface area contributed by atoms with Gasteiger partial charge in [0.15, 0.2) is 5.65 Å². The highest BCUT2D eigenvalue weighted by molar-refractivity contribution is 5.62. The highest BCUT2D eigenvalue weighted by atomic mass is 15.2. The number of aromatic nitrogens is 3. The molecule has 4 heteroatoms. The predicted molar refractivity (Wildman–Crippen MR) is 51.5 cm³/mol. The third kappa shape index (κ3) is 1.24. The summed E-state index contributed by atoms with van der Waals surface area (Å²) in [7, 11) is 0. The summed E-state index contributed by atoms with van der Waals surface area (Å²) in [6.45, 7) is 4.24. The van der Waals surface area contributed by atoms with Gasteiger partial charge in [-0.05, 0) is 11.5 Å². The van der Waals surface area contributed by atoms with E-state index >= 15 is 0 Å². The molecule has 2 N–H and O–H groups in total. The molecule has 0 radical (unpaired) electrons. The van der Waals surface area contributed by atoms with Crippen molar-refractivity contribution in [1.82, 2.24) is 14.6 Å². The maximum Gasteiger partial charge on any atom is 0.178 e. The summed E-state index contributed by atoms with van der Waals surface area (Å²) in [5.41, 5.74) is 8.17. The third-order valence-corrected chi connectivity index (χ3v) is 2.07. The van der Waals surface area contributed by atoms with Crippen LogP contribution in [-0.4, -0.2) is 14.6 Å². The Bertz CT molecular complexity index is 430. The number of hydrogen-bond acceptors (Lipinski definition) is 3. The van der Waals surface area contributed by atoms with Crippen molar-refractivity contribution < 1.29 is 0 Å². The van der Waals surface area contributed by atoms with E-state index in [4.69, 9.17) is 5.73 Å². The van der Waals surface area contributed by atoms with Crippen LogP contribution < -0.4 is 5.73 Å². The van der Waals surface area contributed by atoms with Gasteiger partial charge in [0.1, 0.15) is 0 Å². The Morgan fingerprint density at radius 3 is 2.85 bits per heavy atom. The molecule has 2 aromatic rings. The molecule has 0 saturated heterocycles. The largest absolute Gasteiger partial charge is 0.394 e. The van der Waals surface area contributed by atoms with Gasteiger partial charge >= 0.3 is 0 Å². The van der Waals surface area contributed by atoms with Crippen LogP contribution in [0.5, 0.6) is 0 Å². The molecule has 2 rings (SSSR count). The molecule has 13 heavy (non-hydrogen) atoms. The third-order valence-electron chi connectivity index (χ3n) is 2.07. The maximum atomic E-state index is 5.66. The molecule has 0 amide bonds. The highest BCUT2D eigenvalue weighted by Gasteiger charge is 2.04. The van der Waals surface area contributed by atoms with Crippen molar-refractivity contribution in [3.63, 3.8) is 0 Å². The average Bonchev–Trinajstić information content (AvgIpc) is 2.47. The van der Waals surface area contributed by atoms with E-state index in [0.717, 1.165) is 11.2 Å². The minimum atomic E-state index is 0.460. The normalized spacial score (nSPS) is 11.3. The molecule has 2 heterocycles. The lowest BCUT2D eigenvalue weighted by molar-refractivity contribution is 0.821. The first kappa shape index (κ1) is 8.04. The maximum absolute atomic E-state index is 5.66. The summed E-state index contributed by atoms with van der Waals surface area (Å²) in [5, 5.41) is 4.09. The van der Waals surface area contributed by atoms with Gasteiger partial charge in [0.05, 0.1) is 11.9 Å². The number of nitrogen functional groups attached to an aromatic ring is 1. The van der Waals surface area contributed by atoms with Crippen molar-refractivity contribution >= 4 is 11.3 Å². The first-order valence-electron chi connectivity index (χ1n) is 4.27. The van der Waals surface area contributed by atoms with Gasteiger partial charge in [0, 0.05) is 12.4 Å². The summed E-state index contributed by atoms with van der Waals surface area (Å²) in [6, 6.07) is 0. The standard InChI is InChI=1S/C9H12N4/c1-6(2)7-3-11-9-8(10)4-12-13(9)5-7/h3-6H,10H2,1-2H3. The van der Waals surface area contributed by atoms with Crippen LogP contribution in [-0.2, 0) is 0 Å². The molecule has 0 aromatic carbocycles. The SMILES string of the molecule is CC(C)c1cnc2c(N)cnn2c1. The van der Waals surface area contributed by atoms with E-state index in [-0.39, 0.29) is 0 Å². The predicted octanol–water partition coefficient (Wildman–Crippen LogP) is 1.43. The van der Waals surface area contributed by atoms with Gasteiger partial charge in [-0.2, -0.15) is 5.10 Å². The van der Waals surface area contributed by atoms with E-state index < -0.39 is 0 Å². The van der Waals surface area contributed by atoms with E-state index in [1.165, 1.54) is 0 Å². The molecular weight excluding hydrogens is 164 g/mol. The highest BCUT2D eigenvalue weighted by Crippen LogP contribution is 2.15. The van der Waals surface area contributed by atoms with Crippen molar-refractivity contribution in [3.8, 4) is 0 Å². The van der Waals surface area contributed by atoms with E-state index in [1.807, 2.05) is 12.4 Å². The molecule has 0 aliphatic rings. The fourth-order valence-corrected chi connectivity index (χ4v) is 1.21. The lowest BCUT2D eigenvalue weighted by Gasteiger charge is -2.03. The second kappa shape index (κ2) is 2.73. The van der Waals surface area contributed by atoms with Gasteiger partial charge in [-0.25, -0.2) is 9.50 Å². The molecule has 2 aromatic heterocycles. The van der Waals surface area contributed by atoms with Crippen molar-refractivity contribution in [2.45, 2.75) is 19.8 Å². The molecular formula is C9H12N4. The smallest absolute Gasteiger partial charge is 0.178 e. The average molecular weight is 176 g/mol. The van der Waals surface area contributed by atoms with Crippen LogP contribution in [0.4, 0.5) is 5.69 Å². The van der Waals surface area contributed by atoms with Crippen LogP contribution in [0.1, 0.15) is 25.3 Å². The molecule has 0 unspecified atom stereocenters. The second-order valence-corrected chi connectivity index (χ2v) is 3.41. The number of hydrogen-bond donors (Lipinski definition) is 1. The van der Waals surface area contributed by atoms with Crippen LogP contribution in [0.3, 0.4) is 0 Å². The Morgan fingerprint density at radius 2 is 2.15 bits per heavy atom. The molecule has 4 nitrogen and oxygen atoms in total. The first-order valence-corrected chi connectivity index (χ1v) is 4.27. The number of nitrogens with two attached hydrogens (primary N) is 1. The van der Waals surface area contributed by atoms with Gasteiger partial charge < -0.3 is 5.73 Å². The lowest BCUT2D eigenvalue weighted by atomic mass is 10.1. The first-order chi connectivity index (χ1) is 6.18. The van der Waals surface area contributed by atoms with E-state index in [2.05, 4.69) is 23.9 Å². The number of rotatable bonds is 1. The zero-order valence-corrected chi connectivity index (χ0v) is 7.73. The Kier molecular flexibility index (Phi) is 1.69. The van der Waals surface area contributed by atoms with Crippen LogP contribution in [0.15, 0.2) is 18.6 Å². The van der Waals surface area contributed by atoms with E-state index in [9.17, 15) is 0 Å². The Balaban J connectivity index is 2.63. The van der Waals surface area contributed by atoms with Crippen molar-refractivity contribution in [2.75, 3.05) is 5.73 Å². The molecule has 0 fully saturated rings. The van der Waals surface area contributed by atoms with Crippen LogP contribution in [0.25, 0.3) is 5.65 Å². The minimum Gasteiger partial charge on any atom is -0.394 e. The Labute approximate surface area is 76.4 Å². The topological polar surface area (TPSA) is 56.2 Å². The molecule has 0 aliphatic carbocycles. The molecule has 0 saturated carbocycles. The summed E-state index contributed by atoms with van der Waals surface area (Å²) in [5.74, 6) is 0.460. The number of anilines is 1. The van der Waals surface area contributed by atoms with Gasteiger partial charge in [-0.3, -0.25) is 0 Å². The van der Waals surface area contributed by atoms with E-state index in [0.29, 0.717) is 11.6 Å². The second-order valence-electron chi connectivity index (χ2n) is 3.41. The summed E-state index contributed by atoms with van der Waals surface area (Å²) in [6.07, 6.45) is 5.42. The Morgan fingerprint density at radius 1 is 1.38 bits per heavy atom. The summed E-state index contributed by atoms with van der Waals surface area (Å²) >= 11 is 0. The van der Waals surface area contributed by atoms with Gasteiger partial charge in [-0.15, -0.1) is 0 Å². The number of fused-ring (bicyclic) bond motifs is 1. The molecule has 0 atom stereocenters. The fraction of sp³-hybridized carbons (Fsp3) is 0.333. The van der Waals surface area contributed by atoms with Crippen molar-refractivity contribution in [2.24, 2.45) is 0 Å². The Hall–Kier alpha value is -1.58. The van der Waals surface area contributed by atoms with Crippen LogP contribution in [0, 0.1) is 0 Å².